The SMILES string of the molecule is COc1ccc(NC(=O)[C@@H](C)OC(=O)c2ccc3nccnc3c2)cc1. The number of aromatic nitrogens is 2. The van der Waals surface area contributed by atoms with E-state index in [2.05, 4.69) is 15.3 Å². The monoisotopic (exact) mass is 351 g/mol. The van der Waals surface area contributed by atoms with Gasteiger partial charge in [-0.25, -0.2) is 4.79 Å². The molecule has 0 bridgehead atoms. The molecule has 0 unspecified atom stereocenters. The van der Waals surface area contributed by atoms with E-state index in [-0.39, 0.29) is 0 Å². The van der Waals surface area contributed by atoms with E-state index < -0.39 is 18.0 Å². The molecule has 1 amide bonds. The van der Waals surface area contributed by atoms with Crippen molar-refractivity contribution in [3.63, 3.8) is 0 Å². The summed E-state index contributed by atoms with van der Waals surface area (Å²) in [6.45, 7) is 1.51. The number of methoxy groups -OCH3 is 1. The molecule has 7 heteroatoms. The van der Waals surface area contributed by atoms with Gasteiger partial charge in [-0.2, -0.15) is 0 Å². The fourth-order valence-corrected chi connectivity index (χ4v) is 2.29. The first-order chi connectivity index (χ1) is 12.6. The lowest BCUT2D eigenvalue weighted by molar-refractivity contribution is -0.123. The zero-order chi connectivity index (χ0) is 18.5. The molecule has 0 saturated heterocycles. The lowest BCUT2D eigenvalue weighted by Gasteiger charge is -2.14. The molecule has 1 N–H and O–H groups in total. The Hall–Kier alpha value is -3.48. The second-order valence-electron chi connectivity index (χ2n) is 5.53. The van der Waals surface area contributed by atoms with Crippen molar-refractivity contribution in [2.45, 2.75) is 13.0 Å². The van der Waals surface area contributed by atoms with Crippen LogP contribution in [0, 0.1) is 0 Å². The topological polar surface area (TPSA) is 90.4 Å². The van der Waals surface area contributed by atoms with Crippen LogP contribution in [0.25, 0.3) is 11.0 Å². The Morgan fingerprint density at radius 1 is 1.00 bits per heavy atom. The van der Waals surface area contributed by atoms with Crippen molar-refractivity contribution in [1.29, 1.82) is 0 Å². The van der Waals surface area contributed by atoms with E-state index in [1.165, 1.54) is 6.92 Å². The highest BCUT2D eigenvalue weighted by Gasteiger charge is 2.19. The summed E-state index contributed by atoms with van der Waals surface area (Å²) >= 11 is 0. The number of hydrogen-bond acceptors (Lipinski definition) is 6. The van der Waals surface area contributed by atoms with E-state index in [0.717, 1.165) is 0 Å². The average molecular weight is 351 g/mol. The van der Waals surface area contributed by atoms with Gasteiger partial charge in [-0.15, -0.1) is 0 Å². The maximum absolute atomic E-state index is 12.3. The standard InChI is InChI=1S/C19H17N3O4/c1-12(18(23)22-14-4-6-15(25-2)7-5-14)26-19(24)13-3-8-16-17(11-13)21-10-9-20-16/h3-12H,1-2H3,(H,22,23)/t12-/m1/s1. The largest absolute Gasteiger partial charge is 0.497 e. The molecule has 3 rings (SSSR count). The molecule has 0 radical (unpaired) electrons. The predicted molar refractivity (Wildman–Crippen MR) is 96.0 cm³/mol. The van der Waals surface area contributed by atoms with E-state index >= 15 is 0 Å². The third-order valence-corrected chi connectivity index (χ3v) is 3.72. The number of anilines is 1. The van der Waals surface area contributed by atoms with Gasteiger partial charge in [0.15, 0.2) is 6.10 Å². The van der Waals surface area contributed by atoms with Crippen molar-refractivity contribution in [2.75, 3.05) is 12.4 Å². The zero-order valence-electron chi connectivity index (χ0n) is 14.3. The number of carbonyl (C=O) groups is 2. The summed E-state index contributed by atoms with van der Waals surface area (Å²) in [7, 11) is 1.56. The van der Waals surface area contributed by atoms with E-state index in [0.29, 0.717) is 28.0 Å². The molecule has 0 aliphatic carbocycles. The van der Waals surface area contributed by atoms with Crippen LogP contribution >= 0.6 is 0 Å². The molecule has 3 aromatic rings. The number of benzene rings is 2. The quantitative estimate of drug-likeness (QED) is 0.711. The number of fused-ring (bicyclic) bond motifs is 1. The van der Waals surface area contributed by atoms with Gasteiger partial charge < -0.3 is 14.8 Å². The summed E-state index contributed by atoms with van der Waals surface area (Å²) < 4.78 is 10.3. The highest BCUT2D eigenvalue weighted by Crippen LogP contribution is 2.16. The van der Waals surface area contributed by atoms with Crippen molar-refractivity contribution in [2.24, 2.45) is 0 Å². The van der Waals surface area contributed by atoms with E-state index in [4.69, 9.17) is 9.47 Å². The third kappa shape index (κ3) is 3.94. The molecule has 1 atom stereocenters. The van der Waals surface area contributed by atoms with Gasteiger partial charge in [0.05, 0.1) is 23.7 Å². The summed E-state index contributed by atoms with van der Waals surface area (Å²) in [6, 6.07) is 11.7. The first kappa shape index (κ1) is 17.3. The Labute approximate surface area is 150 Å². The summed E-state index contributed by atoms with van der Waals surface area (Å²) in [5.41, 5.74) is 2.15. The molecule has 0 spiro atoms. The number of amides is 1. The first-order valence-corrected chi connectivity index (χ1v) is 7.93. The molecule has 1 aromatic heterocycles. The molecule has 7 nitrogen and oxygen atoms in total. The van der Waals surface area contributed by atoms with Gasteiger partial charge in [-0.05, 0) is 49.4 Å². The fraction of sp³-hybridized carbons (Fsp3) is 0.158. The van der Waals surface area contributed by atoms with Crippen molar-refractivity contribution in [3.05, 3.63) is 60.4 Å². The van der Waals surface area contributed by atoms with Crippen LogP contribution in [0.3, 0.4) is 0 Å². The Morgan fingerprint density at radius 2 is 1.69 bits per heavy atom. The lowest BCUT2D eigenvalue weighted by Crippen LogP contribution is -2.30. The van der Waals surface area contributed by atoms with E-state index in [9.17, 15) is 9.59 Å². The minimum absolute atomic E-state index is 0.307. The minimum atomic E-state index is -0.956. The Morgan fingerprint density at radius 3 is 2.38 bits per heavy atom. The van der Waals surface area contributed by atoms with Crippen LogP contribution in [-0.4, -0.2) is 35.1 Å². The number of esters is 1. The van der Waals surface area contributed by atoms with Crippen molar-refractivity contribution < 1.29 is 19.1 Å². The second kappa shape index (κ2) is 7.60. The van der Waals surface area contributed by atoms with Gasteiger partial charge in [0.25, 0.3) is 5.91 Å². The molecule has 132 valence electrons. The van der Waals surface area contributed by atoms with E-state index in [1.807, 2.05) is 0 Å². The van der Waals surface area contributed by atoms with Gasteiger partial charge in [0, 0.05) is 18.1 Å². The first-order valence-electron chi connectivity index (χ1n) is 7.93. The normalized spacial score (nSPS) is 11.6. The summed E-state index contributed by atoms with van der Waals surface area (Å²) in [5.74, 6) is -0.346. The molecule has 0 aliphatic rings. The molecule has 26 heavy (non-hydrogen) atoms. The lowest BCUT2D eigenvalue weighted by atomic mass is 10.2. The number of nitrogens with one attached hydrogen (secondary N) is 1. The van der Waals surface area contributed by atoms with Crippen molar-refractivity contribution >= 4 is 28.6 Å². The average Bonchev–Trinajstić information content (AvgIpc) is 2.68. The molecular formula is C19H17N3O4. The second-order valence-corrected chi connectivity index (χ2v) is 5.53. The minimum Gasteiger partial charge on any atom is -0.497 e. The van der Waals surface area contributed by atoms with Crippen molar-refractivity contribution in [3.8, 4) is 5.75 Å². The number of carbonyl (C=O) groups excluding carboxylic acids is 2. The molecule has 0 aliphatic heterocycles. The molecule has 1 heterocycles. The highest BCUT2D eigenvalue weighted by molar-refractivity contribution is 5.98. The molecule has 0 fully saturated rings. The summed E-state index contributed by atoms with van der Waals surface area (Å²) in [6.07, 6.45) is 2.16. The van der Waals surface area contributed by atoms with Crippen LogP contribution in [0.1, 0.15) is 17.3 Å². The van der Waals surface area contributed by atoms with Gasteiger partial charge >= 0.3 is 5.97 Å². The molecule has 2 aromatic carbocycles. The fourth-order valence-electron chi connectivity index (χ4n) is 2.29. The van der Waals surface area contributed by atoms with Crippen LogP contribution in [0.2, 0.25) is 0 Å². The third-order valence-electron chi connectivity index (χ3n) is 3.72. The van der Waals surface area contributed by atoms with Gasteiger partial charge in [0.1, 0.15) is 5.75 Å². The number of rotatable bonds is 5. The van der Waals surface area contributed by atoms with Crippen molar-refractivity contribution in [1.82, 2.24) is 9.97 Å². The molecular weight excluding hydrogens is 334 g/mol. The number of nitrogens with zero attached hydrogens (tertiary/aromatic N) is 2. The number of ether oxygens (including phenoxy) is 2. The number of hydrogen-bond donors (Lipinski definition) is 1. The van der Waals surface area contributed by atoms with Crippen LogP contribution < -0.4 is 10.1 Å². The van der Waals surface area contributed by atoms with Gasteiger partial charge in [0.2, 0.25) is 0 Å². The van der Waals surface area contributed by atoms with Crippen LogP contribution in [0.15, 0.2) is 54.9 Å². The van der Waals surface area contributed by atoms with Gasteiger partial charge in [-0.1, -0.05) is 0 Å². The maximum Gasteiger partial charge on any atom is 0.338 e. The Bertz CT molecular complexity index is 941. The van der Waals surface area contributed by atoms with Crippen LogP contribution in [0.5, 0.6) is 5.75 Å². The Kier molecular flexibility index (Phi) is 5.07. The van der Waals surface area contributed by atoms with E-state index in [1.54, 1.807) is 62.0 Å². The zero-order valence-corrected chi connectivity index (χ0v) is 14.3. The summed E-state index contributed by atoms with van der Waals surface area (Å²) in [5, 5.41) is 2.69. The highest BCUT2D eigenvalue weighted by atomic mass is 16.5. The molecule has 0 saturated carbocycles. The van der Waals surface area contributed by atoms with Crippen LogP contribution in [0.4, 0.5) is 5.69 Å². The smallest absolute Gasteiger partial charge is 0.338 e. The van der Waals surface area contributed by atoms with Gasteiger partial charge in [-0.3, -0.25) is 14.8 Å². The summed E-state index contributed by atoms with van der Waals surface area (Å²) in [4.78, 5) is 32.8. The Balaban J connectivity index is 1.64. The predicted octanol–water partition coefficient (Wildman–Crippen LogP) is 2.82. The maximum atomic E-state index is 12.3. The van der Waals surface area contributed by atoms with Crippen LogP contribution in [-0.2, 0) is 9.53 Å².